The van der Waals surface area contributed by atoms with Gasteiger partial charge in [0.1, 0.15) is 0 Å². The average molecular weight is 474 g/mol. The van der Waals surface area contributed by atoms with Crippen LogP contribution in [0, 0.1) is 0 Å². The molecule has 0 radical (unpaired) electrons. The van der Waals surface area contributed by atoms with E-state index in [1.165, 1.54) is 16.7 Å². The van der Waals surface area contributed by atoms with Crippen molar-refractivity contribution in [3.8, 4) is 0 Å². The zero-order valence-electron chi connectivity index (χ0n) is 20.8. The largest absolute Gasteiger partial charge is 0.394 e. The summed E-state index contributed by atoms with van der Waals surface area (Å²) in [4.78, 5) is 12.3. The van der Waals surface area contributed by atoms with Gasteiger partial charge >= 0.3 is 0 Å². The Morgan fingerprint density at radius 3 is 2.66 bits per heavy atom. The van der Waals surface area contributed by atoms with Crippen LogP contribution >= 0.6 is 0 Å². The Bertz CT molecular complexity index is 1190. The van der Waals surface area contributed by atoms with Crippen LogP contribution in [0.5, 0.6) is 0 Å². The molecule has 3 aliphatic rings. The van der Waals surface area contributed by atoms with Gasteiger partial charge in [-0.25, -0.2) is 0 Å². The lowest BCUT2D eigenvalue weighted by Crippen LogP contribution is -2.40. The van der Waals surface area contributed by atoms with Gasteiger partial charge in [-0.3, -0.25) is 4.79 Å². The molecular formula is C27H35N7O. The lowest BCUT2D eigenvalue weighted by Gasteiger charge is -2.37. The summed E-state index contributed by atoms with van der Waals surface area (Å²) >= 11 is 0. The number of aryl methyl sites for hydroxylation is 1. The molecule has 0 bridgehead atoms. The second-order valence-electron chi connectivity index (χ2n) is 9.63. The van der Waals surface area contributed by atoms with Crippen molar-refractivity contribution >= 4 is 5.91 Å². The second kappa shape index (κ2) is 10.00. The highest BCUT2D eigenvalue weighted by atomic mass is 16.1. The van der Waals surface area contributed by atoms with Gasteiger partial charge in [-0.05, 0) is 80.5 Å². The number of aromatic nitrogens is 4. The molecule has 1 amide bonds. The Morgan fingerprint density at radius 1 is 1.26 bits per heavy atom. The van der Waals surface area contributed by atoms with Gasteiger partial charge in [-0.15, -0.1) is 10.2 Å². The summed E-state index contributed by atoms with van der Waals surface area (Å²) in [5.74, 6) is 0.569. The first kappa shape index (κ1) is 24.6. The molecule has 8 nitrogen and oxygen atoms in total. The maximum atomic E-state index is 12.3. The summed E-state index contributed by atoms with van der Waals surface area (Å²) in [6.07, 6.45) is 13.7. The minimum Gasteiger partial charge on any atom is -0.394 e. The molecular weight excluding hydrogens is 438 g/mol. The summed E-state index contributed by atoms with van der Waals surface area (Å²) in [6.45, 7) is 5.50. The van der Waals surface area contributed by atoms with Gasteiger partial charge in [0.15, 0.2) is 5.82 Å². The van der Waals surface area contributed by atoms with Crippen molar-refractivity contribution in [3.05, 3.63) is 88.4 Å². The van der Waals surface area contributed by atoms with Crippen LogP contribution in [0.2, 0.25) is 0 Å². The van der Waals surface area contributed by atoms with Gasteiger partial charge in [-0.2, -0.15) is 5.21 Å². The predicted molar refractivity (Wildman–Crippen MR) is 138 cm³/mol. The number of allylic oxidation sites excluding steroid dienone is 6. The van der Waals surface area contributed by atoms with E-state index in [9.17, 15) is 4.79 Å². The number of aromatic amines is 1. The van der Waals surface area contributed by atoms with Crippen LogP contribution in [0.15, 0.2) is 65.9 Å². The van der Waals surface area contributed by atoms with Crippen molar-refractivity contribution in [2.75, 3.05) is 14.1 Å². The zero-order chi connectivity index (χ0) is 25.1. The highest BCUT2D eigenvalue weighted by Gasteiger charge is 2.53. The van der Waals surface area contributed by atoms with Crippen LogP contribution in [0.25, 0.3) is 0 Å². The van der Waals surface area contributed by atoms with Crippen molar-refractivity contribution in [1.82, 2.24) is 31.3 Å². The van der Waals surface area contributed by atoms with Gasteiger partial charge in [0.2, 0.25) is 0 Å². The summed E-state index contributed by atoms with van der Waals surface area (Å²) in [6, 6.07) is 6.01. The molecule has 1 saturated carbocycles. The molecule has 8 heteroatoms. The topological polar surface area (TPSA) is 122 Å². The number of rotatable bonds is 5. The monoisotopic (exact) mass is 473 g/mol. The van der Waals surface area contributed by atoms with E-state index in [0.717, 1.165) is 43.2 Å². The summed E-state index contributed by atoms with van der Waals surface area (Å²) in [7, 11) is 3.47. The number of fused-ring (bicyclic) bond motifs is 1. The third-order valence-corrected chi connectivity index (χ3v) is 7.22. The number of nitrogens with one attached hydrogen (secondary N) is 3. The maximum absolute atomic E-state index is 12.3. The van der Waals surface area contributed by atoms with E-state index >= 15 is 0 Å². The third-order valence-electron chi connectivity index (χ3n) is 7.22. The van der Waals surface area contributed by atoms with Crippen LogP contribution in [0.4, 0.5) is 0 Å². The second-order valence-corrected chi connectivity index (χ2v) is 9.63. The number of hydrogen-bond acceptors (Lipinski definition) is 6. The van der Waals surface area contributed by atoms with Crippen molar-refractivity contribution in [2.24, 2.45) is 5.73 Å². The number of carbonyl (C=O) groups excluding carboxylic acids is 1. The number of nitrogens with zero attached hydrogens (tertiary/aromatic N) is 3. The molecule has 35 heavy (non-hydrogen) atoms. The fraction of sp³-hybridized carbons (Fsp3) is 0.407. The third kappa shape index (κ3) is 4.84. The van der Waals surface area contributed by atoms with E-state index in [2.05, 4.69) is 69.1 Å². The average Bonchev–Trinajstić information content (AvgIpc) is 3.43. The quantitative estimate of drug-likeness (QED) is 0.529. The van der Waals surface area contributed by atoms with E-state index in [1.54, 1.807) is 13.2 Å². The predicted octanol–water partition coefficient (Wildman–Crippen LogP) is 3.23. The van der Waals surface area contributed by atoms with Crippen LogP contribution in [0.1, 0.15) is 66.3 Å². The van der Waals surface area contributed by atoms with E-state index in [4.69, 9.17) is 5.73 Å². The summed E-state index contributed by atoms with van der Waals surface area (Å²) in [5, 5.41) is 21.1. The first-order valence-corrected chi connectivity index (χ1v) is 12.1. The summed E-state index contributed by atoms with van der Waals surface area (Å²) < 4.78 is 0. The van der Waals surface area contributed by atoms with Crippen LogP contribution in [-0.2, 0) is 11.8 Å². The Kier molecular flexibility index (Phi) is 7.03. The molecule has 1 heterocycles. The van der Waals surface area contributed by atoms with E-state index < -0.39 is 5.41 Å². The lowest BCUT2D eigenvalue weighted by molar-refractivity contribution is 0.0963. The van der Waals surface area contributed by atoms with E-state index in [0.29, 0.717) is 17.8 Å². The van der Waals surface area contributed by atoms with Crippen molar-refractivity contribution < 1.29 is 4.79 Å². The molecule has 0 spiro atoms. The molecule has 5 rings (SSSR count). The normalized spacial score (nSPS) is 21.8. The van der Waals surface area contributed by atoms with Gasteiger partial charge < -0.3 is 16.4 Å². The van der Waals surface area contributed by atoms with Gasteiger partial charge in [0, 0.05) is 25.2 Å². The number of nitrogens with two attached hydrogens (primary N) is 1. The fourth-order valence-corrected chi connectivity index (χ4v) is 5.13. The molecule has 2 aromatic rings. The number of tetrazole rings is 1. The number of amides is 1. The highest BCUT2D eigenvalue weighted by molar-refractivity contribution is 5.94. The smallest absolute Gasteiger partial charge is 0.251 e. The Morgan fingerprint density at radius 2 is 2.03 bits per heavy atom. The first-order valence-electron chi connectivity index (χ1n) is 12.1. The minimum atomic E-state index is -0.602. The van der Waals surface area contributed by atoms with Gasteiger partial charge in [0.25, 0.3) is 5.91 Å². The molecule has 1 unspecified atom stereocenters. The molecule has 1 aromatic carbocycles. The number of benzene rings is 1. The van der Waals surface area contributed by atoms with Crippen molar-refractivity contribution in [2.45, 2.75) is 56.4 Å². The first-order chi connectivity index (χ1) is 16.9. The van der Waals surface area contributed by atoms with Crippen LogP contribution in [-0.4, -0.2) is 46.2 Å². The molecule has 0 aliphatic heterocycles. The Hall–Kier alpha value is -3.52. The Balaban J connectivity index is 0.000000672. The van der Waals surface area contributed by atoms with Crippen LogP contribution in [0.3, 0.4) is 0 Å². The molecule has 1 fully saturated rings. The van der Waals surface area contributed by atoms with Gasteiger partial charge in [-0.1, -0.05) is 47.2 Å². The molecule has 1 atom stereocenters. The zero-order valence-corrected chi connectivity index (χ0v) is 20.8. The standard InChI is InChI=1S/C24H28N6O.C3H7N/c1-15-3-5-16-6-7-17-13-18(21(31)26-2)8-10-20(17)24(19(16)9-4-15,14-23(25)11-12-23)22-27-29-30-28-22;1-3-4-2/h3-4,8-10,13H,5-7,11-12,14,25H2,1-2H3,(H,26,31)(H,27,28,29,30);3-4H,1H2,2H3. The summed E-state index contributed by atoms with van der Waals surface area (Å²) in [5.41, 5.74) is 12.7. The van der Waals surface area contributed by atoms with E-state index in [-0.39, 0.29) is 11.4 Å². The van der Waals surface area contributed by atoms with Crippen LogP contribution < -0.4 is 16.4 Å². The Labute approximate surface area is 206 Å². The SMILES string of the molecule is C=CNC.CNC(=O)c1ccc2c(c1)CCC1=C(C=CC(C)=CC1)C2(CC1(N)CC1)c1nn[nH]n1. The molecule has 3 aliphatic carbocycles. The van der Waals surface area contributed by atoms with Crippen molar-refractivity contribution in [1.29, 1.82) is 0 Å². The molecule has 0 saturated heterocycles. The minimum absolute atomic E-state index is 0.0809. The van der Waals surface area contributed by atoms with Crippen molar-refractivity contribution in [3.63, 3.8) is 0 Å². The molecule has 1 aromatic heterocycles. The highest BCUT2D eigenvalue weighted by Crippen LogP contribution is 2.54. The number of H-pyrrole nitrogens is 1. The fourth-order valence-electron chi connectivity index (χ4n) is 5.13. The van der Waals surface area contributed by atoms with E-state index in [1.807, 2.05) is 19.2 Å². The number of hydrogen-bond donors (Lipinski definition) is 4. The maximum Gasteiger partial charge on any atom is 0.251 e. The molecule has 184 valence electrons. The molecule has 5 N–H and O–H groups in total. The number of carbonyl (C=O) groups is 1. The van der Waals surface area contributed by atoms with Gasteiger partial charge in [0.05, 0.1) is 5.41 Å². The lowest BCUT2D eigenvalue weighted by atomic mass is 9.66.